The molecule has 1 saturated heterocycles. The highest BCUT2D eigenvalue weighted by atomic mass is 19.4. The van der Waals surface area contributed by atoms with Crippen LogP contribution in [0.4, 0.5) is 18.9 Å². The number of carbonyl (C=O) groups is 2. The minimum absolute atomic E-state index is 0.0580. The molecule has 0 unspecified atom stereocenters. The zero-order chi connectivity index (χ0) is 20.7. The maximum absolute atomic E-state index is 13.0. The number of ether oxygens (including phenoxy) is 2. The maximum atomic E-state index is 13.0. The zero-order valence-electron chi connectivity index (χ0n) is 15.6. The summed E-state index contributed by atoms with van der Waals surface area (Å²) in [5, 5.41) is 2.48. The summed E-state index contributed by atoms with van der Waals surface area (Å²) in [6, 6.07) is 2.89. The molecule has 1 atom stereocenters. The number of hydrogen-bond donors (Lipinski definition) is 2. The van der Waals surface area contributed by atoms with Crippen molar-refractivity contribution in [3.63, 3.8) is 0 Å². The Bertz CT molecular complexity index is 697. The Kier molecular flexibility index (Phi) is 7.64. The van der Waals surface area contributed by atoms with Crippen LogP contribution >= 0.6 is 0 Å². The maximum Gasteiger partial charge on any atom is 0.416 e. The summed E-state index contributed by atoms with van der Waals surface area (Å²) < 4.78 is 49.3. The molecule has 1 aromatic carbocycles. The van der Waals surface area contributed by atoms with E-state index in [2.05, 4.69) is 5.32 Å². The second-order valence-electron chi connectivity index (χ2n) is 6.57. The first-order valence-electron chi connectivity index (χ1n) is 8.85. The highest BCUT2D eigenvalue weighted by Crippen LogP contribution is 2.35. The van der Waals surface area contributed by atoms with Crippen LogP contribution in [0.1, 0.15) is 18.4 Å². The van der Waals surface area contributed by atoms with Gasteiger partial charge in [-0.2, -0.15) is 13.2 Å². The van der Waals surface area contributed by atoms with E-state index >= 15 is 0 Å². The fourth-order valence-corrected chi connectivity index (χ4v) is 2.99. The molecule has 0 bridgehead atoms. The summed E-state index contributed by atoms with van der Waals surface area (Å²) in [6.45, 7) is 1.27. The fourth-order valence-electron chi connectivity index (χ4n) is 2.99. The van der Waals surface area contributed by atoms with E-state index in [-0.39, 0.29) is 37.1 Å². The van der Waals surface area contributed by atoms with Gasteiger partial charge in [0.1, 0.15) is 12.4 Å². The summed E-state index contributed by atoms with van der Waals surface area (Å²) in [4.78, 5) is 25.5. The number of rotatable bonds is 8. The number of halogens is 3. The van der Waals surface area contributed by atoms with Gasteiger partial charge in [-0.3, -0.25) is 14.5 Å². The number of nitrogens with two attached hydrogens (primary N) is 1. The molecule has 1 aromatic rings. The van der Waals surface area contributed by atoms with E-state index in [4.69, 9.17) is 15.2 Å². The third kappa shape index (κ3) is 6.38. The van der Waals surface area contributed by atoms with Gasteiger partial charge < -0.3 is 20.5 Å². The van der Waals surface area contributed by atoms with Crippen molar-refractivity contribution >= 4 is 17.5 Å². The van der Waals surface area contributed by atoms with Gasteiger partial charge in [0.05, 0.1) is 30.3 Å². The SMILES string of the molecule is COCCOc1ccc(C(F)(F)F)cc1NC(=O)CN1CCC[C@@H](C(N)=O)C1. The van der Waals surface area contributed by atoms with Crippen molar-refractivity contribution in [1.29, 1.82) is 0 Å². The van der Waals surface area contributed by atoms with E-state index in [1.165, 1.54) is 7.11 Å². The van der Waals surface area contributed by atoms with Crippen molar-refractivity contribution in [2.45, 2.75) is 19.0 Å². The van der Waals surface area contributed by atoms with Crippen molar-refractivity contribution in [1.82, 2.24) is 4.90 Å². The van der Waals surface area contributed by atoms with Gasteiger partial charge in [0.25, 0.3) is 0 Å². The molecule has 3 N–H and O–H groups in total. The average molecular weight is 403 g/mol. The van der Waals surface area contributed by atoms with E-state index in [0.717, 1.165) is 24.6 Å². The number of nitrogens with one attached hydrogen (secondary N) is 1. The number of carbonyl (C=O) groups excluding carboxylic acids is 2. The van der Waals surface area contributed by atoms with Gasteiger partial charge >= 0.3 is 6.18 Å². The highest BCUT2D eigenvalue weighted by molar-refractivity contribution is 5.94. The molecular weight excluding hydrogens is 379 g/mol. The second kappa shape index (κ2) is 9.74. The van der Waals surface area contributed by atoms with Crippen molar-refractivity contribution in [2.75, 3.05) is 45.3 Å². The monoisotopic (exact) mass is 403 g/mol. The first kappa shape index (κ1) is 22.0. The number of likely N-dealkylation sites (tertiary alicyclic amines) is 1. The van der Waals surface area contributed by atoms with Crippen molar-refractivity contribution < 1.29 is 32.2 Å². The second-order valence-corrected chi connectivity index (χ2v) is 6.57. The number of hydrogen-bond acceptors (Lipinski definition) is 5. The molecular formula is C18H24F3N3O4. The Morgan fingerprint density at radius 2 is 2.07 bits per heavy atom. The zero-order valence-corrected chi connectivity index (χ0v) is 15.6. The summed E-state index contributed by atoms with van der Waals surface area (Å²) >= 11 is 0. The number of amides is 2. The van der Waals surface area contributed by atoms with E-state index in [1.54, 1.807) is 4.90 Å². The van der Waals surface area contributed by atoms with Gasteiger partial charge in [-0.1, -0.05) is 0 Å². The lowest BCUT2D eigenvalue weighted by Crippen LogP contribution is -2.44. The molecule has 0 aromatic heterocycles. The molecule has 2 rings (SSSR count). The van der Waals surface area contributed by atoms with Crippen LogP contribution in [0.15, 0.2) is 18.2 Å². The molecule has 10 heteroatoms. The first-order valence-corrected chi connectivity index (χ1v) is 8.85. The Balaban J connectivity index is 2.08. The van der Waals surface area contributed by atoms with Crippen LogP contribution in [0.2, 0.25) is 0 Å². The Hall–Kier alpha value is -2.33. The minimum atomic E-state index is -4.55. The van der Waals surface area contributed by atoms with Gasteiger partial charge in [-0.25, -0.2) is 0 Å². The number of piperidine rings is 1. The predicted octanol–water partition coefficient (Wildman–Crippen LogP) is 1.87. The normalized spacial score (nSPS) is 17.9. The molecule has 156 valence electrons. The predicted molar refractivity (Wildman–Crippen MR) is 95.8 cm³/mol. The van der Waals surface area contributed by atoms with Gasteiger partial charge in [-0.05, 0) is 37.6 Å². The number of primary amides is 1. The molecule has 0 aliphatic carbocycles. The molecule has 0 radical (unpaired) electrons. The topological polar surface area (TPSA) is 93.9 Å². The van der Waals surface area contributed by atoms with Crippen LogP contribution in [0.5, 0.6) is 5.75 Å². The third-order valence-electron chi connectivity index (χ3n) is 4.40. The van der Waals surface area contributed by atoms with E-state index < -0.39 is 23.6 Å². The summed E-state index contributed by atoms with van der Waals surface area (Å²) in [5.74, 6) is -1.13. The summed E-state index contributed by atoms with van der Waals surface area (Å²) in [6.07, 6.45) is -3.17. The Morgan fingerprint density at radius 3 is 2.71 bits per heavy atom. The van der Waals surface area contributed by atoms with Gasteiger partial charge in [0.15, 0.2) is 0 Å². The molecule has 1 aliphatic heterocycles. The number of anilines is 1. The number of methoxy groups -OCH3 is 1. The Labute approximate surface area is 161 Å². The number of benzene rings is 1. The molecule has 1 fully saturated rings. The summed E-state index contributed by atoms with van der Waals surface area (Å²) in [7, 11) is 1.47. The quantitative estimate of drug-likeness (QED) is 0.647. The standard InChI is InChI=1S/C18H24F3N3O4/c1-27-7-8-28-15-5-4-13(18(19,20)21)9-14(15)23-16(25)11-24-6-2-3-12(10-24)17(22)26/h4-5,9,12H,2-3,6-8,10-11H2,1H3,(H2,22,26)(H,23,25)/t12-/m1/s1. The van der Waals surface area contributed by atoms with Gasteiger partial charge in [0.2, 0.25) is 11.8 Å². The molecule has 2 amide bonds. The Morgan fingerprint density at radius 1 is 1.32 bits per heavy atom. The number of nitrogens with zero attached hydrogens (tertiary/aromatic N) is 1. The van der Waals surface area contributed by atoms with Crippen LogP contribution in [0, 0.1) is 5.92 Å². The van der Waals surface area contributed by atoms with Crippen LogP contribution < -0.4 is 15.8 Å². The van der Waals surface area contributed by atoms with E-state index in [1.807, 2.05) is 0 Å². The lowest BCUT2D eigenvalue weighted by atomic mass is 9.97. The van der Waals surface area contributed by atoms with Gasteiger partial charge in [0, 0.05) is 13.7 Å². The van der Waals surface area contributed by atoms with E-state index in [9.17, 15) is 22.8 Å². The van der Waals surface area contributed by atoms with Crippen LogP contribution in [0.25, 0.3) is 0 Å². The molecule has 7 nitrogen and oxygen atoms in total. The van der Waals surface area contributed by atoms with Crippen molar-refractivity contribution in [3.05, 3.63) is 23.8 Å². The minimum Gasteiger partial charge on any atom is -0.489 e. The van der Waals surface area contributed by atoms with Gasteiger partial charge in [-0.15, -0.1) is 0 Å². The first-order chi connectivity index (χ1) is 13.2. The molecule has 0 saturated carbocycles. The lowest BCUT2D eigenvalue weighted by Gasteiger charge is -2.30. The largest absolute Gasteiger partial charge is 0.489 e. The number of alkyl halides is 3. The molecule has 1 aliphatic rings. The fraction of sp³-hybridized carbons (Fsp3) is 0.556. The molecule has 1 heterocycles. The third-order valence-corrected chi connectivity index (χ3v) is 4.40. The highest BCUT2D eigenvalue weighted by Gasteiger charge is 2.31. The summed E-state index contributed by atoms with van der Waals surface area (Å²) in [5.41, 5.74) is 4.35. The van der Waals surface area contributed by atoms with Crippen molar-refractivity contribution in [2.24, 2.45) is 11.7 Å². The molecule has 0 spiro atoms. The van der Waals surface area contributed by atoms with Crippen molar-refractivity contribution in [3.8, 4) is 5.75 Å². The van der Waals surface area contributed by atoms with E-state index in [0.29, 0.717) is 19.5 Å². The lowest BCUT2D eigenvalue weighted by molar-refractivity contribution is -0.137. The van der Waals surface area contributed by atoms with Crippen LogP contribution in [0.3, 0.4) is 0 Å². The average Bonchev–Trinajstić information content (AvgIpc) is 2.62. The molecule has 28 heavy (non-hydrogen) atoms. The van der Waals surface area contributed by atoms with Crippen LogP contribution in [-0.4, -0.2) is 56.7 Å². The smallest absolute Gasteiger partial charge is 0.416 e. The van der Waals surface area contributed by atoms with Crippen LogP contribution in [-0.2, 0) is 20.5 Å².